The Bertz CT molecular complexity index is 899. The maximum absolute atomic E-state index is 13.9. The van der Waals surface area contributed by atoms with Crippen LogP contribution in [-0.4, -0.2) is 28.6 Å². The summed E-state index contributed by atoms with van der Waals surface area (Å²) < 4.78 is 5.49. The number of carbonyl (C=O) groups excluding carboxylic acids is 2. The molecule has 34 heavy (non-hydrogen) atoms. The van der Waals surface area contributed by atoms with Crippen LogP contribution in [0.2, 0.25) is 0 Å². The van der Waals surface area contributed by atoms with Gasteiger partial charge in [-0.1, -0.05) is 59.3 Å². The zero-order valence-corrected chi connectivity index (χ0v) is 22.4. The molecule has 0 aliphatic heterocycles. The molecule has 4 aliphatic rings. The lowest BCUT2D eigenvalue weighted by atomic mass is 9.48. The van der Waals surface area contributed by atoms with E-state index < -0.39 is 11.0 Å². The lowest BCUT2D eigenvalue weighted by Gasteiger charge is -2.58. The summed E-state index contributed by atoms with van der Waals surface area (Å²) in [6.07, 6.45) is 10.8. The van der Waals surface area contributed by atoms with Crippen LogP contribution in [0.4, 0.5) is 0 Å². The summed E-state index contributed by atoms with van der Waals surface area (Å²) in [5, 5.41) is 11.8. The van der Waals surface area contributed by atoms with Crippen molar-refractivity contribution in [3.05, 3.63) is 23.3 Å². The molecule has 0 spiro atoms. The minimum absolute atomic E-state index is 0.00149. The van der Waals surface area contributed by atoms with Gasteiger partial charge in [0.25, 0.3) is 0 Å². The van der Waals surface area contributed by atoms with Crippen LogP contribution in [0.3, 0.4) is 0 Å². The lowest BCUT2D eigenvalue weighted by molar-refractivity contribution is -0.169. The van der Waals surface area contributed by atoms with Gasteiger partial charge in [-0.15, -0.1) is 0 Å². The average Bonchev–Trinajstić information content (AvgIpc) is 3.08. The van der Waals surface area contributed by atoms with Crippen LogP contribution >= 0.6 is 0 Å². The van der Waals surface area contributed by atoms with E-state index in [0.717, 1.165) is 18.4 Å². The second-order valence-corrected chi connectivity index (χ2v) is 12.9. The number of ketones is 1. The molecule has 4 aliphatic carbocycles. The van der Waals surface area contributed by atoms with Gasteiger partial charge in [0.1, 0.15) is 6.10 Å². The highest BCUT2D eigenvalue weighted by Gasteiger charge is 2.62. The van der Waals surface area contributed by atoms with Gasteiger partial charge < -0.3 is 9.84 Å². The number of esters is 1. The van der Waals surface area contributed by atoms with Gasteiger partial charge in [-0.05, 0) is 73.5 Å². The zero-order valence-electron chi connectivity index (χ0n) is 22.4. The number of carbonyl (C=O) groups is 2. The molecule has 0 saturated heterocycles. The first-order valence-corrected chi connectivity index (χ1v) is 13.7. The van der Waals surface area contributed by atoms with E-state index in [0.29, 0.717) is 61.7 Å². The normalized spacial score (nSPS) is 41.8. The first-order chi connectivity index (χ1) is 15.8. The van der Waals surface area contributed by atoms with Gasteiger partial charge in [-0.25, -0.2) is 0 Å². The Balaban J connectivity index is 1.62. The minimum Gasteiger partial charge on any atom is -0.462 e. The van der Waals surface area contributed by atoms with Crippen LogP contribution in [0.25, 0.3) is 0 Å². The first kappa shape index (κ1) is 25.7. The fourth-order valence-electron chi connectivity index (χ4n) is 8.21. The van der Waals surface area contributed by atoms with Crippen LogP contribution in [0, 0.1) is 40.4 Å². The number of aliphatic hydroxyl groups is 1. The Hall–Kier alpha value is -1.42. The number of rotatable bonds is 5. The molecule has 2 fully saturated rings. The standard InChI is InChI=1S/C30H46O4/c1-18(2)19(3)8-9-20(4)24-10-11-25-23-13-15-30(33)16-22(34-21(5)31)12-14-29(30,7)27(23)26(32)17-28(24,25)6/h8-9,18-20,22,24-25,33H,10-17H2,1-7H3. The molecule has 4 rings (SSSR count). The molecule has 8 atom stereocenters. The Morgan fingerprint density at radius 1 is 1.09 bits per heavy atom. The van der Waals surface area contributed by atoms with E-state index >= 15 is 0 Å². The average molecular weight is 471 g/mol. The summed E-state index contributed by atoms with van der Waals surface area (Å²) in [5.74, 6) is 2.58. The SMILES string of the molecule is CC(=O)OC1CCC2(C)C3=C(CCC2(O)C1)C1CCC(C(C)C=CC(C)C(C)C)C1(C)CC3=O. The predicted molar refractivity (Wildman–Crippen MR) is 135 cm³/mol. The molecule has 2 saturated carbocycles. The third-order valence-electron chi connectivity index (χ3n) is 10.6. The van der Waals surface area contributed by atoms with E-state index in [4.69, 9.17) is 4.74 Å². The number of fused-ring (bicyclic) bond motifs is 4. The molecular formula is C30H46O4. The molecule has 0 radical (unpaired) electrons. The monoisotopic (exact) mass is 470 g/mol. The third kappa shape index (κ3) is 4.02. The fraction of sp³-hybridized carbons (Fsp3) is 0.800. The minimum atomic E-state index is -0.978. The van der Waals surface area contributed by atoms with Gasteiger partial charge in [0.2, 0.25) is 0 Å². The smallest absolute Gasteiger partial charge is 0.302 e. The van der Waals surface area contributed by atoms with Crippen molar-refractivity contribution in [2.75, 3.05) is 0 Å². The van der Waals surface area contributed by atoms with Crippen molar-refractivity contribution >= 4 is 11.8 Å². The Morgan fingerprint density at radius 3 is 2.44 bits per heavy atom. The highest BCUT2D eigenvalue weighted by molar-refractivity contribution is 5.99. The van der Waals surface area contributed by atoms with Crippen LogP contribution in [0.15, 0.2) is 23.3 Å². The van der Waals surface area contributed by atoms with Crippen molar-refractivity contribution in [2.45, 2.75) is 112 Å². The van der Waals surface area contributed by atoms with Gasteiger partial charge in [-0.2, -0.15) is 0 Å². The number of hydrogen-bond donors (Lipinski definition) is 1. The van der Waals surface area contributed by atoms with Crippen molar-refractivity contribution < 1.29 is 19.4 Å². The van der Waals surface area contributed by atoms with E-state index in [1.165, 1.54) is 18.9 Å². The van der Waals surface area contributed by atoms with Crippen molar-refractivity contribution in [1.82, 2.24) is 0 Å². The molecule has 0 aromatic rings. The third-order valence-corrected chi connectivity index (χ3v) is 10.6. The van der Waals surface area contributed by atoms with Crippen molar-refractivity contribution in [2.24, 2.45) is 40.4 Å². The van der Waals surface area contributed by atoms with Crippen LogP contribution < -0.4 is 0 Å². The second kappa shape index (κ2) is 8.91. The van der Waals surface area contributed by atoms with Gasteiger partial charge in [0.05, 0.1) is 5.60 Å². The molecule has 0 aromatic heterocycles. The van der Waals surface area contributed by atoms with Crippen molar-refractivity contribution in [1.29, 1.82) is 0 Å². The molecule has 0 aromatic carbocycles. The Labute approximate surface area is 206 Å². The van der Waals surface area contributed by atoms with E-state index in [1.54, 1.807) is 0 Å². The molecule has 4 heteroatoms. The first-order valence-electron chi connectivity index (χ1n) is 13.7. The lowest BCUT2D eigenvalue weighted by Crippen LogP contribution is -2.59. The molecule has 0 amide bonds. The van der Waals surface area contributed by atoms with E-state index in [9.17, 15) is 14.7 Å². The maximum Gasteiger partial charge on any atom is 0.302 e. The molecule has 8 unspecified atom stereocenters. The molecule has 4 nitrogen and oxygen atoms in total. The van der Waals surface area contributed by atoms with Gasteiger partial charge in [-0.3, -0.25) is 9.59 Å². The van der Waals surface area contributed by atoms with E-state index in [2.05, 4.69) is 53.7 Å². The quantitative estimate of drug-likeness (QED) is 0.372. The summed E-state index contributed by atoms with van der Waals surface area (Å²) in [5.41, 5.74) is 0.788. The summed E-state index contributed by atoms with van der Waals surface area (Å²) >= 11 is 0. The van der Waals surface area contributed by atoms with Crippen LogP contribution in [0.5, 0.6) is 0 Å². The summed E-state index contributed by atoms with van der Waals surface area (Å²) in [7, 11) is 0. The van der Waals surface area contributed by atoms with E-state index in [1.807, 2.05) is 0 Å². The predicted octanol–water partition coefficient (Wildman–Crippen LogP) is 6.42. The number of allylic oxidation sites excluding steroid dienone is 3. The number of hydrogen-bond acceptors (Lipinski definition) is 4. The Kier molecular flexibility index (Phi) is 6.72. The Morgan fingerprint density at radius 2 is 1.79 bits per heavy atom. The van der Waals surface area contributed by atoms with Crippen LogP contribution in [0.1, 0.15) is 99.8 Å². The maximum atomic E-state index is 13.9. The topological polar surface area (TPSA) is 63.6 Å². The highest BCUT2D eigenvalue weighted by atomic mass is 16.5. The van der Waals surface area contributed by atoms with Gasteiger partial charge >= 0.3 is 5.97 Å². The molecule has 0 heterocycles. The molecule has 1 N–H and O–H groups in total. The van der Waals surface area contributed by atoms with Crippen LogP contribution in [-0.2, 0) is 14.3 Å². The molecule has 190 valence electrons. The largest absolute Gasteiger partial charge is 0.462 e. The van der Waals surface area contributed by atoms with Gasteiger partial charge in [0, 0.05) is 30.8 Å². The van der Waals surface area contributed by atoms with Gasteiger partial charge in [0.15, 0.2) is 5.78 Å². The number of ether oxygens (including phenoxy) is 1. The number of Topliss-reactive ketones (excluding diaryl/α,β-unsaturated/α-hetero) is 1. The van der Waals surface area contributed by atoms with Crippen molar-refractivity contribution in [3.8, 4) is 0 Å². The summed E-state index contributed by atoms with van der Waals surface area (Å²) in [6.45, 7) is 15.1. The second-order valence-electron chi connectivity index (χ2n) is 12.9. The fourth-order valence-corrected chi connectivity index (χ4v) is 8.21. The summed E-state index contributed by atoms with van der Waals surface area (Å²) in [6, 6.07) is 0. The van der Waals surface area contributed by atoms with E-state index in [-0.39, 0.29) is 23.3 Å². The molecular weight excluding hydrogens is 424 g/mol. The molecule has 0 bridgehead atoms. The highest BCUT2D eigenvalue weighted by Crippen LogP contribution is 2.65. The van der Waals surface area contributed by atoms with Crippen molar-refractivity contribution in [3.63, 3.8) is 0 Å². The zero-order chi connectivity index (χ0) is 25.1. The summed E-state index contributed by atoms with van der Waals surface area (Å²) in [4.78, 5) is 25.4.